The SMILES string of the molecule is COC(=O)[C@@H]1CS(=O)(=O)[C@@H](C)N1C(=O)C(F)(F)F. The Morgan fingerprint density at radius 3 is 2.22 bits per heavy atom. The molecule has 1 rings (SSSR count). The summed E-state index contributed by atoms with van der Waals surface area (Å²) in [6, 6.07) is -1.76. The van der Waals surface area contributed by atoms with E-state index < -0.39 is 45.1 Å². The van der Waals surface area contributed by atoms with Crippen LogP contribution in [-0.4, -0.2) is 55.6 Å². The maximum Gasteiger partial charge on any atom is 0.471 e. The van der Waals surface area contributed by atoms with Gasteiger partial charge in [-0.25, -0.2) is 13.2 Å². The Bertz CT molecular complexity index is 472. The third kappa shape index (κ3) is 2.42. The van der Waals surface area contributed by atoms with E-state index in [2.05, 4.69) is 4.74 Å². The second-order valence-electron chi connectivity index (χ2n) is 3.68. The first kappa shape index (κ1) is 14.7. The molecule has 1 saturated heterocycles. The largest absolute Gasteiger partial charge is 0.471 e. The number of carbonyl (C=O) groups is 2. The first-order valence-electron chi connectivity index (χ1n) is 4.71. The van der Waals surface area contributed by atoms with Crippen LogP contribution in [-0.2, 0) is 24.2 Å². The molecule has 2 atom stereocenters. The van der Waals surface area contributed by atoms with Crippen molar-refractivity contribution in [1.29, 1.82) is 0 Å². The van der Waals surface area contributed by atoms with Crippen molar-refractivity contribution in [3.05, 3.63) is 0 Å². The molecule has 0 bridgehead atoms. The number of sulfone groups is 1. The lowest BCUT2D eigenvalue weighted by Crippen LogP contribution is -2.50. The molecule has 1 amide bonds. The fourth-order valence-electron chi connectivity index (χ4n) is 1.64. The molecule has 1 heterocycles. The van der Waals surface area contributed by atoms with Gasteiger partial charge in [-0.1, -0.05) is 0 Å². The van der Waals surface area contributed by atoms with Gasteiger partial charge in [0.15, 0.2) is 9.84 Å². The minimum Gasteiger partial charge on any atom is -0.467 e. The molecule has 1 aliphatic rings. The number of alkyl halides is 3. The summed E-state index contributed by atoms with van der Waals surface area (Å²) in [5.74, 6) is -4.44. The van der Waals surface area contributed by atoms with E-state index in [1.807, 2.05) is 0 Å². The van der Waals surface area contributed by atoms with E-state index in [0.717, 1.165) is 14.0 Å². The van der Waals surface area contributed by atoms with Crippen LogP contribution >= 0.6 is 0 Å². The van der Waals surface area contributed by atoms with Gasteiger partial charge in [-0.05, 0) is 6.92 Å². The van der Waals surface area contributed by atoms with Crippen molar-refractivity contribution >= 4 is 21.7 Å². The van der Waals surface area contributed by atoms with E-state index in [-0.39, 0.29) is 4.90 Å². The molecule has 0 N–H and O–H groups in total. The Labute approximate surface area is 101 Å². The average molecular weight is 289 g/mol. The number of hydrogen-bond donors (Lipinski definition) is 0. The van der Waals surface area contributed by atoms with E-state index in [1.54, 1.807) is 0 Å². The predicted molar refractivity (Wildman–Crippen MR) is 52.0 cm³/mol. The minimum absolute atomic E-state index is 0.00116. The highest BCUT2D eigenvalue weighted by atomic mass is 32.2. The molecule has 0 spiro atoms. The van der Waals surface area contributed by atoms with E-state index in [9.17, 15) is 31.2 Å². The van der Waals surface area contributed by atoms with Gasteiger partial charge in [0, 0.05) is 0 Å². The minimum atomic E-state index is -5.25. The zero-order chi connectivity index (χ0) is 14.3. The molecule has 0 aromatic rings. The third-order valence-corrected chi connectivity index (χ3v) is 4.63. The number of halogens is 3. The van der Waals surface area contributed by atoms with Crippen LogP contribution < -0.4 is 0 Å². The number of ether oxygens (including phenoxy) is 1. The number of esters is 1. The van der Waals surface area contributed by atoms with E-state index in [1.165, 1.54) is 0 Å². The van der Waals surface area contributed by atoms with E-state index in [0.29, 0.717) is 0 Å². The summed E-state index contributed by atoms with van der Waals surface area (Å²) < 4.78 is 64.1. The van der Waals surface area contributed by atoms with Crippen molar-refractivity contribution in [2.24, 2.45) is 0 Å². The fourth-order valence-corrected chi connectivity index (χ4v) is 3.24. The Morgan fingerprint density at radius 1 is 1.33 bits per heavy atom. The molecule has 0 radical (unpaired) electrons. The molecular weight excluding hydrogens is 279 g/mol. The molecule has 18 heavy (non-hydrogen) atoms. The Morgan fingerprint density at radius 2 is 1.83 bits per heavy atom. The summed E-state index contributed by atoms with van der Waals surface area (Å²) in [7, 11) is -3.08. The smallest absolute Gasteiger partial charge is 0.467 e. The van der Waals surface area contributed by atoms with Crippen LogP contribution in [0.2, 0.25) is 0 Å². The molecule has 1 fully saturated rings. The quantitative estimate of drug-likeness (QED) is 0.619. The molecule has 0 aromatic carbocycles. The summed E-state index contributed by atoms with van der Waals surface area (Å²) in [6.07, 6.45) is -5.25. The summed E-state index contributed by atoms with van der Waals surface area (Å²) >= 11 is 0. The van der Waals surface area contributed by atoms with E-state index >= 15 is 0 Å². The van der Waals surface area contributed by atoms with Crippen LogP contribution in [0.1, 0.15) is 6.92 Å². The summed E-state index contributed by atoms with van der Waals surface area (Å²) in [6.45, 7) is 0.919. The van der Waals surface area contributed by atoms with E-state index in [4.69, 9.17) is 0 Å². The Balaban J connectivity index is 3.20. The lowest BCUT2D eigenvalue weighted by molar-refractivity contribution is -0.189. The number of rotatable bonds is 1. The van der Waals surface area contributed by atoms with Crippen LogP contribution in [0.3, 0.4) is 0 Å². The highest BCUT2D eigenvalue weighted by Crippen LogP contribution is 2.29. The molecule has 6 nitrogen and oxygen atoms in total. The first-order valence-corrected chi connectivity index (χ1v) is 6.42. The third-order valence-electron chi connectivity index (χ3n) is 2.59. The van der Waals surface area contributed by atoms with Crippen molar-refractivity contribution in [3.8, 4) is 0 Å². The average Bonchev–Trinajstić information content (AvgIpc) is 2.47. The Kier molecular flexibility index (Phi) is 3.61. The second kappa shape index (κ2) is 4.41. The number of nitrogens with zero attached hydrogens (tertiary/aromatic N) is 1. The monoisotopic (exact) mass is 289 g/mol. The molecule has 10 heteroatoms. The number of carbonyl (C=O) groups excluding carboxylic acids is 2. The van der Waals surface area contributed by atoms with Gasteiger partial charge >= 0.3 is 18.1 Å². The van der Waals surface area contributed by atoms with Gasteiger partial charge in [0.05, 0.1) is 12.9 Å². The number of amides is 1. The van der Waals surface area contributed by atoms with Gasteiger partial charge in [0.2, 0.25) is 0 Å². The van der Waals surface area contributed by atoms with Crippen LogP contribution in [0.15, 0.2) is 0 Å². The molecular formula is C8H10F3NO5S. The lowest BCUT2D eigenvalue weighted by atomic mass is 10.2. The van der Waals surface area contributed by atoms with Crippen molar-refractivity contribution < 1.29 is 35.9 Å². The zero-order valence-corrected chi connectivity index (χ0v) is 10.2. The van der Waals surface area contributed by atoms with Gasteiger partial charge in [-0.3, -0.25) is 4.79 Å². The summed E-state index contributed by atoms with van der Waals surface area (Å²) in [4.78, 5) is 22.4. The molecule has 0 aromatic heterocycles. The molecule has 1 aliphatic heterocycles. The second-order valence-corrected chi connectivity index (χ2v) is 6.02. The first-order chi connectivity index (χ1) is 8.02. The van der Waals surface area contributed by atoms with Crippen LogP contribution in [0.4, 0.5) is 13.2 Å². The lowest BCUT2D eigenvalue weighted by Gasteiger charge is -2.25. The standard InChI is InChI=1S/C8H10F3NO5S/c1-4-12(7(14)8(9,10)11)5(6(13)17-2)3-18(4,15)16/h4-5H,3H2,1-2H3/t4-,5-/m0/s1. The molecule has 104 valence electrons. The molecule has 0 unspecified atom stereocenters. The Hall–Kier alpha value is -1.32. The summed E-state index contributed by atoms with van der Waals surface area (Å²) in [5.41, 5.74) is 0. The number of methoxy groups -OCH3 is 1. The maximum absolute atomic E-state index is 12.3. The van der Waals surface area contributed by atoms with Crippen molar-refractivity contribution in [2.75, 3.05) is 12.9 Å². The highest BCUT2D eigenvalue weighted by molar-refractivity contribution is 7.92. The van der Waals surface area contributed by atoms with Gasteiger partial charge < -0.3 is 9.64 Å². The van der Waals surface area contributed by atoms with Crippen LogP contribution in [0.5, 0.6) is 0 Å². The van der Waals surface area contributed by atoms with Crippen molar-refractivity contribution in [1.82, 2.24) is 4.90 Å². The van der Waals surface area contributed by atoms with Gasteiger partial charge in [-0.15, -0.1) is 0 Å². The fraction of sp³-hybridized carbons (Fsp3) is 0.750. The van der Waals surface area contributed by atoms with Gasteiger partial charge in [0.25, 0.3) is 0 Å². The zero-order valence-electron chi connectivity index (χ0n) is 9.39. The number of hydrogen-bond acceptors (Lipinski definition) is 5. The predicted octanol–water partition coefficient (Wildman–Crippen LogP) is -0.307. The summed E-state index contributed by atoms with van der Waals surface area (Å²) in [5, 5.41) is -1.71. The molecule has 0 saturated carbocycles. The topological polar surface area (TPSA) is 80.8 Å². The van der Waals surface area contributed by atoms with Crippen LogP contribution in [0, 0.1) is 0 Å². The van der Waals surface area contributed by atoms with Gasteiger partial charge in [-0.2, -0.15) is 13.2 Å². The van der Waals surface area contributed by atoms with Crippen molar-refractivity contribution in [2.45, 2.75) is 24.5 Å². The van der Waals surface area contributed by atoms with Crippen LogP contribution in [0.25, 0.3) is 0 Å². The maximum atomic E-state index is 12.3. The van der Waals surface area contributed by atoms with Gasteiger partial charge in [0.1, 0.15) is 11.4 Å². The molecule has 0 aliphatic carbocycles. The van der Waals surface area contributed by atoms with Crippen molar-refractivity contribution in [3.63, 3.8) is 0 Å². The normalized spacial score (nSPS) is 27.1. The highest BCUT2D eigenvalue weighted by Gasteiger charge is 2.55.